The van der Waals surface area contributed by atoms with Gasteiger partial charge in [0.2, 0.25) is 0 Å². The number of anilines is 1. The fourth-order valence-electron chi connectivity index (χ4n) is 5.05. The van der Waals surface area contributed by atoms with Crippen molar-refractivity contribution in [2.45, 2.75) is 57.4 Å². The number of carbonyl (C=O) groups excluding carboxylic acids is 2. The van der Waals surface area contributed by atoms with Gasteiger partial charge >= 0.3 is 0 Å². The average molecular weight is 567 g/mol. The molecule has 0 spiro atoms. The number of ether oxygens (including phenoxy) is 3. The molecule has 2 heterocycles. The molecular weight excluding hydrogens is 524 g/mol. The van der Waals surface area contributed by atoms with Crippen LogP contribution in [0.15, 0.2) is 42.5 Å². The molecule has 3 aliphatic rings. The minimum atomic E-state index is -1.26. The molecule has 8 nitrogen and oxygen atoms in total. The van der Waals surface area contributed by atoms with E-state index in [1.165, 1.54) is 18.2 Å². The lowest BCUT2D eigenvalue weighted by Crippen LogP contribution is -2.45. The third-order valence-corrected chi connectivity index (χ3v) is 9.04. The molecule has 1 fully saturated rings. The van der Waals surface area contributed by atoms with Crippen molar-refractivity contribution in [3.05, 3.63) is 59.2 Å². The number of hydrogen-bond donors (Lipinski definition) is 1. The fraction of sp³-hybridized carbons (Fsp3) is 0.484. The molecule has 216 valence electrons. The van der Waals surface area contributed by atoms with Crippen LogP contribution in [0.5, 0.6) is 11.5 Å². The Morgan fingerprint density at radius 3 is 2.60 bits per heavy atom. The van der Waals surface area contributed by atoms with E-state index in [1.807, 2.05) is 0 Å². The van der Waals surface area contributed by atoms with E-state index in [2.05, 4.69) is 56.1 Å². The number of methoxy groups -OCH3 is 1. The SMILES string of the molecule is C1=Cc2ccccc2C1.COc1cc2c(cc1OCCCO)N(COCC[Si](C)(C)C)C(=O)C1CCCN1C2=O. The van der Waals surface area contributed by atoms with Crippen LogP contribution < -0.4 is 14.4 Å². The summed E-state index contributed by atoms with van der Waals surface area (Å²) < 4.78 is 17.1. The number of amides is 2. The maximum atomic E-state index is 13.4. The van der Waals surface area contributed by atoms with Crippen LogP contribution in [-0.2, 0) is 16.0 Å². The zero-order valence-corrected chi connectivity index (χ0v) is 25.2. The first kappa shape index (κ1) is 29.8. The third kappa shape index (κ3) is 7.13. The van der Waals surface area contributed by atoms with Gasteiger partial charge in [-0.25, -0.2) is 0 Å². The molecule has 1 atom stereocenters. The predicted octanol–water partition coefficient (Wildman–Crippen LogP) is 4.98. The molecule has 2 amide bonds. The summed E-state index contributed by atoms with van der Waals surface area (Å²) in [5.74, 6) is 0.568. The van der Waals surface area contributed by atoms with Gasteiger partial charge in [-0.1, -0.05) is 56.1 Å². The molecule has 0 radical (unpaired) electrons. The van der Waals surface area contributed by atoms with Crippen LogP contribution in [0.4, 0.5) is 5.69 Å². The van der Waals surface area contributed by atoms with Crippen molar-refractivity contribution in [2.75, 3.05) is 45.1 Å². The highest BCUT2D eigenvalue weighted by Gasteiger charge is 2.42. The van der Waals surface area contributed by atoms with Crippen molar-refractivity contribution < 1.29 is 28.9 Å². The Hall–Kier alpha value is -3.14. The molecule has 2 aromatic rings. The molecule has 0 saturated carbocycles. The van der Waals surface area contributed by atoms with E-state index < -0.39 is 14.1 Å². The van der Waals surface area contributed by atoms with E-state index in [1.54, 1.807) is 21.9 Å². The standard InChI is InChI=1S/C22H34N2O6Si.C9H8/c1-28-19-13-16-18(14-20(19)30-10-6-9-25)24(15-29-11-12-31(2,3)4)22(27)17-7-5-8-23(17)21(16)26;1-2-5-9-7-3-6-8(9)4-1/h13-14,17,25H,5-12,15H2,1-4H3;1-6H,7H2. The summed E-state index contributed by atoms with van der Waals surface area (Å²) in [6, 6.07) is 12.4. The second-order valence-corrected chi connectivity index (χ2v) is 17.1. The van der Waals surface area contributed by atoms with Gasteiger partial charge in [0, 0.05) is 40.3 Å². The molecule has 0 aromatic heterocycles. The molecule has 1 saturated heterocycles. The number of aliphatic hydroxyl groups is 1. The smallest absolute Gasteiger partial charge is 0.256 e. The minimum absolute atomic E-state index is 0.0118. The molecule has 5 rings (SSSR count). The zero-order chi connectivity index (χ0) is 28.7. The van der Waals surface area contributed by atoms with Gasteiger partial charge in [0.05, 0.1) is 25.0 Å². The van der Waals surface area contributed by atoms with Crippen molar-refractivity contribution >= 4 is 31.7 Å². The molecule has 1 aliphatic carbocycles. The Bertz CT molecular complexity index is 1220. The van der Waals surface area contributed by atoms with Gasteiger partial charge in [-0.05, 0) is 42.5 Å². The Morgan fingerprint density at radius 1 is 1.07 bits per heavy atom. The first-order chi connectivity index (χ1) is 19.2. The van der Waals surface area contributed by atoms with Crippen molar-refractivity contribution in [1.29, 1.82) is 0 Å². The van der Waals surface area contributed by atoms with Crippen molar-refractivity contribution in [2.24, 2.45) is 0 Å². The predicted molar refractivity (Wildman–Crippen MR) is 160 cm³/mol. The fourth-order valence-corrected chi connectivity index (χ4v) is 5.80. The number of hydrogen-bond acceptors (Lipinski definition) is 6. The number of fused-ring (bicyclic) bond motifs is 3. The topological polar surface area (TPSA) is 88.5 Å². The molecule has 40 heavy (non-hydrogen) atoms. The van der Waals surface area contributed by atoms with Crippen LogP contribution in [0.1, 0.15) is 40.7 Å². The van der Waals surface area contributed by atoms with Crippen LogP contribution in [0.2, 0.25) is 25.7 Å². The van der Waals surface area contributed by atoms with Gasteiger partial charge in [-0.3, -0.25) is 14.5 Å². The first-order valence-electron chi connectivity index (χ1n) is 14.1. The molecule has 1 unspecified atom stereocenters. The lowest BCUT2D eigenvalue weighted by atomic mass is 10.1. The van der Waals surface area contributed by atoms with E-state index in [0.29, 0.717) is 55.4 Å². The number of rotatable bonds is 10. The lowest BCUT2D eigenvalue weighted by molar-refractivity contribution is -0.123. The molecular formula is C31H42N2O6Si. The molecule has 1 N–H and O–H groups in total. The Labute approximate surface area is 238 Å². The highest BCUT2D eigenvalue weighted by atomic mass is 28.3. The van der Waals surface area contributed by atoms with Gasteiger partial charge in [0.25, 0.3) is 11.8 Å². The first-order valence-corrected chi connectivity index (χ1v) is 17.8. The van der Waals surface area contributed by atoms with Crippen molar-refractivity contribution in [1.82, 2.24) is 4.90 Å². The second kappa shape index (κ2) is 13.5. The zero-order valence-electron chi connectivity index (χ0n) is 24.2. The van der Waals surface area contributed by atoms with Crippen LogP contribution in [0, 0.1) is 0 Å². The average Bonchev–Trinajstić information content (AvgIpc) is 3.61. The van der Waals surface area contributed by atoms with Crippen LogP contribution >= 0.6 is 0 Å². The largest absolute Gasteiger partial charge is 0.493 e. The minimum Gasteiger partial charge on any atom is -0.493 e. The summed E-state index contributed by atoms with van der Waals surface area (Å²) in [5, 5.41) is 9.05. The number of nitrogens with zero attached hydrogens (tertiary/aromatic N) is 2. The molecule has 2 aliphatic heterocycles. The summed E-state index contributed by atoms with van der Waals surface area (Å²) in [5.41, 5.74) is 3.74. The highest BCUT2D eigenvalue weighted by molar-refractivity contribution is 6.76. The lowest BCUT2D eigenvalue weighted by Gasteiger charge is -2.26. The van der Waals surface area contributed by atoms with E-state index in [0.717, 1.165) is 18.9 Å². The molecule has 0 bridgehead atoms. The van der Waals surface area contributed by atoms with E-state index in [-0.39, 0.29) is 25.2 Å². The van der Waals surface area contributed by atoms with Gasteiger partial charge in [0.1, 0.15) is 12.8 Å². The van der Waals surface area contributed by atoms with Gasteiger partial charge in [-0.2, -0.15) is 0 Å². The Balaban J connectivity index is 0.000000343. The molecule has 2 aromatic carbocycles. The van der Waals surface area contributed by atoms with Crippen molar-refractivity contribution in [3.8, 4) is 11.5 Å². The maximum absolute atomic E-state index is 13.4. The number of benzene rings is 2. The maximum Gasteiger partial charge on any atom is 0.256 e. The summed E-state index contributed by atoms with van der Waals surface area (Å²) in [4.78, 5) is 29.9. The Morgan fingerprint density at radius 2 is 1.88 bits per heavy atom. The van der Waals surface area contributed by atoms with E-state index in [9.17, 15) is 9.59 Å². The molecule has 9 heteroatoms. The number of aliphatic hydroxyl groups excluding tert-OH is 1. The monoisotopic (exact) mass is 566 g/mol. The summed E-state index contributed by atoms with van der Waals surface area (Å²) in [7, 11) is 0.254. The van der Waals surface area contributed by atoms with Gasteiger partial charge < -0.3 is 24.2 Å². The van der Waals surface area contributed by atoms with Gasteiger partial charge in [0.15, 0.2) is 11.5 Å². The van der Waals surface area contributed by atoms with Crippen molar-refractivity contribution in [3.63, 3.8) is 0 Å². The number of carbonyl (C=O) groups is 2. The summed E-state index contributed by atoms with van der Waals surface area (Å²) >= 11 is 0. The Kier molecular flexibility index (Phi) is 10.1. The van der Waals surface area contributed by atoms with E-state index >= 15 is 0 Å². The summed E-state index contributed by atoms with van der Waals surface area (Å²) in [6.45, 7) is 8.38. The number of allylic oxidation sites excluding steroid dienone is 1. The third-order valence-electron chi connectivity index (χ3n) is 7.33. The van der Waals surface area contributed by atoms with Crippen LogP contribution in [-0.4, -0.2) is 76.1 Å². The second-order valence-electron chi connectivity index (χ2n) is 11.5. The normalized spacial score (nSPS) is 17.6. The van der Waals surface area contributed by atoms with Crippen LogP contribution in [0.3, 0.4) is 0 Å². The summed E-state index contributed by atoms with van der Waals surface area (Å²) in [6.07, 6.45) is 7.43. The quantitative estimate of drug-likeness (QED) is 0.323. The van der Waals surface area contributed by atoms with Gasteiger partial charge in [-0.15, -0.1) is 0 Å². The van der Waals surface area contributed by atoms with E-state index in [4.69, 9.17) is 19.3 Å². The highest BCUT2D eigenvalue weighted by Crippen LogP contribution is 2.40. The van der Waals surface area contributed by atoms with Crippen LogP contribution in [0.25, 0.3) is 6.08 Å².